The molecule has 0 saturated carbocycles. The van der Waals surface area contributed by atoms with Crippen LogP contribution in [0.15, 0.2) is 82.3 Å². The third-order valence-corrected chi connectivity index (χ3v) is 15.9. The van der Waals surface area contributed by atoms with Gasteiger partial charge in [-0.05, 0) is 87.9 Å². The molecule has 74 heavy (non-hydrogen) atoms. The Balaban J connectivity index is 1.63. The molecule has 0 spiro atoms. The number of carboxylic acid groups (broad SMARTS) is 1. The van der Waals surface area contributed by atoms with Gasteiger partial charge in [0.15, 0.2) is 5.71 Å². The second-order valence-corrected chi connectivity index (χ2v) is 24.0. The molecular formula is C48H71N2O20S4+. The van der Waals surface area contributed by atoms with Crippen molar-refractivity contribution < 1.29 is 94.8 Å². The number of ether oxygens (including phenoxy) is 6. The molecule has 0 aliphatic carbocycles. The second kappa shape index (κ2) is 28.9. The van der Waals surface area contributed by atoms with E-state index in [-0.39, 0.29) is 56.9 Å². The lowest BCUT2D eigenvalue weighted by Crippen LogP contribution is -2.32. The minimum atomic E-state index is -4.71. The van der Waals surface area contributed by atoms with Gasteiger partial charge in [0.1, 0.15) is 6.54 Å². The predicted molar refractivity (Wildman–Crippen MR) is 274 cm³/mol. The Kier molecular flexibility index (Phi) is 24.5. The van der Waals surface area contributed by atoms with E-state index in [0.29, 0.717) is 113 Å². The molecule has 2 aromatic carbocycles. The summed E-state index contributed by atoms with van der Waals surface area (Å²) in [5.41, 5.74) is 1.20. The van der Waals surface area contributed by atoms with Gasteiger partial charge in [-0.2, -0.15) is 38.2 Å². The van der Waals surface area contributed by atoms with Crippen LogP contribution in [-0.4, -0.2) is 178 Å². The first-order chi connectivity index (χ1) is 34.8. The number of aliphatic carboxylic acids is 1. The summed E-state index contributed by atoms with van der Waals surface area (Å²) in [4.78, 5) is 12.5. The van der Waals surface area contributed by atoms with Crippen LogP contribution < -0.4 is 4.90 Å². The van der Waals surface area contributed by atoms with Crippen molar-refractivity contribution in [1.82, 2.24) is 0 Å². The summed E-state index contributed by atoms with van der Waals surface area (Å²) in [7, 11) is -16.5. The van der Waals surface area contributed by atoms with E-state index in [0.717, 1.165) is 5.70 Å². The summed E-state index contributed by atoms with van der Waals surface area (Å²) in [6, 6.07) is 8.22. The Labute approximate surface area is 435 Å². The van der Waals surface area contributed by atoms with Crippen LogP contribution in [0, 0.1) is 0 Å². The Hall–Kier alpha value is -4.00. The van der Waals surface area contributed by atoms with Gasteiger partial charge in [-0.1, -0.05) is 24.6 Å². The van der Waals surface area contributed by atoms with Gasteiger partial charge < -0.3 is 38.4 Å². The molecule has 0 bridgehead atoms. The van der Waals surface area contributed by atoms with Crippen LogP contribution in [0.3, 0.4) is 0 Å². The number of allylic oxidation sites excluding steroid dienone is 6. The minimum absolute atomic E-state index is 0.00890. The fourth-order valence-corrected chi connectivity index (χ4v) is 10.9. The molecule has 2 heterocycles. The lowest BCUT2D eigenvalue weighted by molar-refractivity contribution is -0.437. The Morgan fingerprint density at radius 2 is 1.14 bits per heavy atom. The number of rotatable bonds is 37. The SMILES string of the molecule is COCCOCCOCCOCCOCCOCCC1(C)C(=CC=CC=CC2=[N+](CCCS(=O)(=O)O)c3ccc(S(=O)(=O)O)cc3C2(C)CCCS(=O)(=O)O)N(CCCCCC(=O)O)c2ccc(S(=O)(=O)O)cc21. The van der Waals surface area contributed by atoms with Gasteiger partial charge in [-0.15, -0.1) is 0 Å². The maximum Gasteiger partial charge on any atom is 0.303 e. The second-order valence-electron chi connectivity index (χ2n) is 18.0. The Morgan fingerprint density at radius 3 is 1.68 bits per heavy atom. The van der Waals surface area contributed by atoms with Crippen LogP contribution >= 0.6 is 0 Å². The van der Waals surface area contributed by atoms with Crippen molar-refractivity contribution in [3.05, 3.63) is 83.6 Å². The van der Waals surface area contributed by atoms with Gasteiger partial charge in [0, 0.05) is 67.6 Å². The number of hydrogen-bond acceptors (Lipinski definition) is 16. The van der Waals surface area contributed by atoms with Crippen molar-refractivity contribution in [1.29, 1.82) is 0 Å². The maximum absolute atomic E-state index is 12.5. The predicted octanol–water partition coefficient (Wildman–Crippen LogP) is 5.02. The number of nitrogens with zero attached hydrogens (tertiary/aromatic N) is 2. The molecule has 0 saturated heterocycles. The zero-order valence-corrected chi connectivity index (χ0v) is 45.3. The summed E-state index contributed by atoms with van der Waals surface area (Å²) < 4.78 is 171. The number of carbonyl (C=O) groups is 1. The van der Waals surface area contributed by atoms with Crippen molar-refractivity contribution in [2.24, 2.45) is 0 Å². The number of methoxy groups -OCH3 is 1. The highest BCUT2D eigenvalue weighted by Crippen LogP contribution is 2.51. The average Bonchev–Trinajstić information content (AvgIpc) is 3.67. The van der Waals surface area contributed by atoms with E-state index in [9.17, 15) is 61.8 Å². The van der Waals surface area contributed by atoms with Crippen molar-refractivity contribution in [3.8, 4) is 0 Å². The summed E-state index contributed by atoms with van der Waals surface area (Å²) in [5, 5.41) is 9.24. The van der Waals surface area contributed by atoms with E-state index >= 15 is 0 Å². The van der Waals surface area contributed by atoms with Crippen LogP contribution in [0.25, 0.3) is 0 Å². The zero-order chi connectivity index (χ0) is 54.6. The summed E-state index contributed by atoms with van der Waals surface area (Å²) in [5.74, 6) is -2.14. The zero-order valence-electron chi connectivity index (χ0n) is 42.0. The van der Waals surface area contributed by atoms with E-state index < -0.39 is 73.7 Å². The molecule has 22 nitrogen and oxygen atoms in total. The summed E-state index contributed by atoms with van der Waals surface area (Å²) >= 11 is 0. The van der Waals surface area contributed by atoms with E-state index in [4.69, 9.17) is 28.4 Å². The smallest absolute Gasteiger partial charge is 0.303 e. The Morgan fingerprint density at radius 1 is 0.608 bits per heavy atom. The van der Waals surface area contributed by atoms with Gasteiger partial charge in [0.05, 0.1) is 92.8 Å². The van der Waals surface area contributed by atoms with Crippen molar-refractivity contribution >= 4 is 63.5 Å². The highest BCUT2D eigenvalue weighted by Gasteiger charge is 2.48. The fourth-order valence-electron chi connectivity index (χ4n) is 8.89. The van der Waals surface area contributed by atoms with Crippen LogP contribution in [-0.2, 0) is 84.5 Å². The molecule has 2 unspecified atom stereocenters. The third-order valence-electron chi connectivity index (χ3n) is 12.5. The molecule has 0 fully saturated rings. The molecule has 26 heteroatoms. The maximum atomic E-state index is 12.5. The number of unbranched alkanes of at least 4 members (excludes halogenated alkanes) is 2. The number of carboxylic acids is 1. The third kappa shape index (κ3) is 19.5. The first kappa shape index (κ1) is 62.5. The molecule has 4 rings (SSSR count). The van der Waals surface area contributed by atoms with Crippen molar-refractivity contribution in [2.75, 3.05) is 109 Å². The normalized spacial score (nSPS) is 18.9. The lowest BCUT2D eigenvalue weighted by atomic mass is 9.76. The molecule has 0 aromatic heterocycles. The van der Waals surface area contributed by atoms with Crippen LogP contribution in [0.5, 0.6) is 0 Å². The molecule has 2 aromatic rings. The van der Waals surface area contributed by atoms with Crippen molar-refractivity contribution in [2.45, 2.75) is 85.8 Å². The number of anilines is 1. The number of benzene rings is 2. The monoisotopic (exact) mass is 1120 g/mol. The molecular weight excluding hydrogens is 1050 g/mol. The Bertz CT molecular complexity index is 2780. The van der Waals surface area contributed by atoms with Gasteiger partial charge >= 0.3 is 5.97 Å². The van der Waals surface area contributed by atoms with Crippen molar-refractivity contribution in [3.63, 3.8) is 0 Å². The van der Waals surface area contributed by atoms with Crippen LogP contribution in [0.1, 0.15) is 76.3 Å². The summed E-state index contributed by atoms with van der Waals surface area (Å²) in [6.07, 6.45) is 10.4. The van der Waals surface area contributed by atoms with Crippen LogP contribution in [0.2, 0.25) is 0 Å². The molecule has 0 amide bonds. The highest BCUT2D eigenvalue weighted by atomic mass is 32.2. The van der Waals surface area contributed by atoms with Gasteiger partial charge in [0.25, 0.3) is 40.5 Å². The molecule has 2 aliphatic rings. The molecule has 2 atom stereocenters. The standard InChI is InChI=1S/C48H70N2O20S4/c1-47(19-10-34-71(53,54)55)40-36-38(73(59,60)61)15-17-42(40)50(22-11-35-72(56,57)58)44(47)12-6-4-7-13-45-48(2,20-23-66-26-27-68-30-31-70-33-32-69-29-28-67-25-24-65-3)41-37-39(74(62,63)64)16-18-43(41)49(45)21-9-5-8-14-46(51)52/h4,6-7,12-13,15-18,36-37H,5,8-11,14,19-35H2,1-3H3,(H4-,51,52,53,54,55,56,57,58,59,60,61,62,63,64)/p+1. The fraction of sp³-hybridized carbons (Fsp3) is 0.583. The lowest BCUT2D eigenvalue weighted by Gasteiger charge is -2.30. The topological polar surface area (TPSA) is 316 Å². The van der Waals surface area contributed by atoms with Gasteiger partial charge in [0.2, 0.25) is 5.69 Å². The van der Waals surface area contributed by atoms with E-state index in [1.165, 1.54) is 30.3 Å². The first-order valence-electron chi connectivity index (χ1n) is 24.0. The van der Waals surface area contributed by atoms with E-state index in [1.54, 1.807) is 49.0 Å². The van der Waals surface area contributed by atoms with E-state index in [1.807, 2.05) is 17.9 Å². The van der Waals surface area contributed by atoms with Crippen LogP contribution in [0.4, 0.5) is 11.4 Å². The number of hydrogen-bond donors (Lipinski definition) is 5. The largest absolute Gasteiger partial charge is 0.481 e. The first-order valence-corrected chi connectivity index (χ1v) is 30.1. The van der Waals surface area contributed by atoms with E-state index in [2.05, 4.69) is 0 Å². The van der Waals surface area contributed by atoms with Gasteiger partial charge in [-0.25, -0.2) is 0 Å². The molecule has 5 N–H and O–H groups in total. The van der Waals surface area contributed by atoms with Gasteiger partial charge in [-0.3, -0.25) is 23.0 Å². The molecule has 0 radical (unpaired) electrons. The quantitative estimate of drug-likeness (QED) is 0.0257. The minimum Gasteiger partial charge on any atom is -0.481 e. The summed E-state index contributed by atoms with van der Waals surface area (Å²) in [6.45, 7) is 8.13. The highest BCUT2D eigenvalue weighted by molar-refractivity contribution is 7.86. The molecule has 2 aliphatic heterocycles. The molecule has 416 valence electrons. The average molecular weight is 1120 g/mol. The number of fused-ring (bicyclic) bond motifs is 2.